The van der Waals surface area contributed by atoms with Gasteiger partial charge >= 0.3 is 11.9 Å². The summed E-state index contributed by atoms with van der Waals surface area (Å²) in [6.07, 6.45) is 6.44. The van der Waals surface area contributed by atoms with Crippen molar-refractivity contribution in [3.05, 3.63) is 23.8 Å². The second kappa shape index (κ2) is 16.2. The van der Waals surface area contributed by atoms with Crippen molar-refractivity contribution in [1.29, 1.82) is 0 Å². The zero-order valence-corrected chi connectivity index (χ0v) is 22.6. The van der Waals surface area contributed by atoms with Crippen molar-refractivity contribution in [2.45, 2.75) is 114 Å². The van der Waals surface area contributed by atoms with E-state index in [-0.39, 0.29) is 37.0 Å². The lowest BCUT2D eigenvalue weighted by atomic mass is 9.87. The van der Waals surface area contributed by atoms with Gasteiger partial charge in [0.2, 0.25) is 0 Å². The number of carbonyl (C=O) groups excluding carboxylic acids is 2. The molecule has 0 amide bonds. The van der Waals surface area contributed by atoms with Gasteiger partial charge < -0.3 is 35.0 Å². The lowest BCUT2D eigenvalue weighted by Crippen LogP contribution is -2.37. The molecule has 0 aliphatic heterocycles. The van der Waals surface area contributed by atoms with Crippen LogP contribution in [0.4, 0.5) is 0 Å². The summed E-state index contributed by atoms with van der Waals surface area (Å²) in [6, 6.07) is 0. The van der Waals surface area contributed by atoms with E-state index in [2.05, 4.69) is 9.97 Å². The lowest BCUT2D eigenvalue weighted by Gasteiger charge is -2.24. The van der Waals surface area contributed by atoms with Crippen molar-refractivity contribution >= 4 is 11.9 Å². The maximum absolute atomic E-state index is 12.0. The number of ether oxygens (including phenoxy) is 2. The average Bonchev–Trinajstić information content (AvgIpc) is 2.95. The molecule has 2 aliphatic rings. The Morgan fingerprint density at radius 1 is 0.718 bits per heavy atom. The van der Waals surface area contributed by atoms with E-state index in [1.54, 1.807) is 0 Å². The quantitative estimate of drug-likeness (QED) is 0.211. The van der Waals surface area contributed by atoms with E-state index in [1.807, 2.05) is 0 Å². The number of aromatic nitrogens is 2. The van der Waals surface area contributed by atoms with E-state index in [9.17, 15) is 35.1 Å². The van der Waals surface area contributed by atoms with Gasteiger partial charge in [0, 0.05) is 25.5 Å². The van der Waals surface area contributed by atoms with Crippen LogP contribution in [0.25, 0.3) is 0 Å². The predicted octanol–water partition coefficient (Wildman–Crippen LogP) is 1.52. The van der Waals surface area contributed by atoms with Crippen molar-refractivity contribution < 1.29 is 44.6 Å². The van der Waals surface area contributed by atoms with Gasteiger partial charge in [-0.25, -0.2) is 0 Å². The van der Waals surface area contributed by atoms with Gasteiger partial charge in [-0.3, -0.25) is 19.6 Å². The lowest BCUT2D eigenvalue weighted by molar-refractivity contribution is -0.153. The van der Waals surface area contributed by atoms with E-state index in [4.69, 9.17) is 9.47 Å². The van der Waals surface area contributed by atoms with Crippen molar-refractivity contribution in [1.82, 2.24) is 9.97 Å². The van der Waals surface area contributed by atoms with Crippen molar-refractivity contribution in [3.63, 3.8) is 0 Å². The summed E-state index contributed by atoms with van der Waals surface area (Å²) in [7, 11) is 0. The molecule has 0 spiro atoms. The molecule has 1 aromatic rings. The third-order valence-electron chi connectivity index (χ3n) is 7.80. The largest absolute Gasteiger partial charge is 0.463 e. The van der Waals surface area contributed by atoms with Gasteiger partial charge in [-0.15, -0.1) is 0 Å². The minimum absolute atomic E-state index is 0.0227. The summed E-state index contributed by atoms with van der Waals surface area (Å²) >= 11 is 0. The number of esters is 2. The van der Waals surface area contributed by atoms with Crippen molar-refractivity contribution in [2.75, 3.05) is 13.2 Å². The average molecular weight is 553 g/mol. The fourth-order valence-corrected chi connectivity index (χ4v) is 5.30. The summed E-state index contributed by atoms with van der Waals surface area (Å²) in [5.74, 6) is -0.218. The number of carbonyl (C=O) groups is 2. The molecule has 1 aromatic heterocycles. The van der Waals surface area contributed by atoms with E-state index in [0.29, 0.717) is 18.0 Å². The van der Waals surface area contributed by atoms with Crippen LogP contribution < -0.4 is 0 Å². The highest BCUT2D eigenvalue weighted by atomic mass is 16.5. The van der Waals surface area contributed by atoms with E-state index in [0.717, 1.165) is 51.4 Å². The van der Waals surface area contributed by atoms with Crippen LogP contribution in [0, 0.1) is 11.8 Å². The molecule has 0 radical (unpaired) electrons. The summed E-state index contributed by atoms with van der Waals surface area (Å²) < 4.78 is 10.2. The SMILES string of the molecule is O=C(CC1CCCCC1)OC[C@@H](O)[C@@H](O)[C@H](O)c1cnc(C[C@H](O)[C@H](O)COC(=O)CC2CCCCC2)cn1. The minimum Gasteiger partial charge on any atom is -0.463 e. The van der Waals surface area contributed by atoms with Gasteiger partial charge in [-0.1, -0.05) is 38.5 Å². The summed E-state index contributed by atoms with van der Waals surface area (Å²) in [5.41, 5.74) is 0.281. The molecule has 11 heteroatoms. The minimum atomic E-state index is -1.66. The number of aliphatic hydroxyl groups excluding tert-OH is 5. The van der Waals surface area contributed by atoms with E-state index < -0.39 is 43.1 Å². The molecule has 0 aromatic carbocycles. The van der Waals surface area contributed by atoms with Crippen LogP contribution in [0.3, 0.4) is 0 Å². The molecule has 3 rings (SSSR count). The van der Waals surface area contributed by atoms with Crippen LogP contribution in [0.1, 0.15) is 94.5 Å². The molecule has 2 saturated carbocycles. The van der Waals surface area contributed by atoms with Gasteiger partial charge in [0.1, 0.15) is 37.6 Å². The molecule has 5 N–H and O–H groups in total. The Morgan fingerprint density at radius 3 is 1.72 bits per heavy atom. The molecule has 1 heterocycles. The molecule has 0 unspecified atom stereocenters. The van der Waals surface area contributed by atoms with Crippen LogP contribution in [0.2, 0.25) is 0 Å². The summed E-state index contributed by atoms with van der Waals surface area (Å²) in [5, 5.41) is 51.3. The Bertz CT molecular complexity index is 872. The molecule has 0 saturated heterocycles. The Kier molecular flexibility index (Phi) is 13.0. The highest BCUT2D eigenvalue weighted by molar-refractivity contribution is 5.70. The van der Waals surface area contributed by atoms with E-state index in [1.165, 1.54) is 25.2 Å². The number of hydrogen-bond acceptors (Lipinski definition) is 11. The zero-order chi connectivity index (χ0) is 28.2. The fraction of sp³-hybridized carbons (Fsp3) is 0.786. The molecular formula is C28H44N2O9. The highest BCUT2D eigenvalue weighted by Gasteiger charge is 2.29. The molecular weight excluding hydrogens is 508 g/mol. The zero-order valence-electron chi connectivity index (χ0n) is 22.6. The smallest absolute Gasteiger partial charge is 0.306 e. The normalized spacial score (nSPS) is 20.9. The Balaban J connectivity index is 1.37. The first kappa shape index (κ1) is 31.3. The van der Waals surface area contributed by atoms with Gasteiger partial charge in [0.25, 0.3) is 0 Å². The molecule has 220 valence electrons. The van der Waals surface area contributed by atoms with Crippen molar-refractivity contribution in [2.24, 2.45) is 11.8 Å². The number of nitrogens with zero attached hydrogens (tertiary/aromatic N) is 2. The fourth-order valence-electron chi connectivity index (χ4n) is 5.30. The number of rotatable bonds is 14. The molecule has 0 bridgehead atoms. The first-order chi connectivity index (χ1) is 18.7. The number of hydrogen-bond donors (Lipinski definition) is 5. The molecule has 11 nitrogen and oxygen atoms in total. The number of aliphatic hydroxyl groups is 5. The first-order valence-electron chi connectivity index (χ1n) is 14.2. The standard InChI is InChI=1S/C28H44N2O9/c31-22(23(32)16-38-25(34)11-18-7-3-1-4-8-18)13-20-14-30-21(15-29-20)27(36)28(37)24(33)17-39-26(35)12-19-9-5-2-6-10-19/h14-15,18-19,22-24,27-28,31-33,36-37H,1-13,16-17H2/t22-,23+,24+,27+,28+/m0/s1. The van der Waals surface area contributed by atoms with Crippen LogP contribution in [0.5, 0.6) is 0 Å². The van der Waals surface area contributed by atoms with Gasteiger partial charge in [0.05, 0.1) is 23.7 Å². The summed E-state index contributed by atoms with van der Waals surface area (Å²) in [6.45, 7) is -0.781. The second-order valence-corrected chi connectivity index (χ2v) is 11.1. The van der Waals surface area contributed by atoms with Crippen LogP contribution in [-0.4, -0.2) is 85.1 Å². The summed E-state index contributed by atoms with van der Waals surface area (Å²) in [4.78, 5) is 32.2. The van der Waals surface area contributed by atoms with Gasteiger partial charge in [-0.05, 0) is 37.5 Å². The topological polar surface area (TPSA) is 180 Å². The molecule has 5 atom stereocenters. The van der Waals surface area contributed by atoms with Crippen LogP contribution >= 0.6 is 0 Å². The predicted molar refractivity (Wildman–Crippen MR) is 139 cm³/mol. The first-order valence-corrected chi connectivity index (χ1v) is 14.2. The molecule has 2 aliphatic carbocycles. The van der Waals surface area contributed by atoms with Gasteiger partial charge in [0.15, 0.2) is 0 Å². The molecule has 39 heavy (non-hydrogen) atoms. The van der Waals surface area contributed by atoms with Gasteiger partial charge in [-0.2, -0.15) is 0 Å². The Labute approximate surface area is 229 Å². The second-order valence-electron chi connectivity index (χ2n) is 11.1. The maximum atomic E-state index is 12.0. The highest BCUT2D eigenvalue weighted by Crippen LogP contribution is 2.27. The van der Waals surface area contributed by atoms with Crippen molar-refractivity contribution in [3.8, 4) is 0 Å². The maximum Gasteiger partial charge on any atom is 0.306 e. The van der Waals surface area contributed by atoms with Crippen LogP contribution in [-0.2, 0) is 25.5 Å². The molecule has 2 fully saturated rings. The van der Waals surface area contributed by atoms with E-state index >= 15 is 0 Å². The Hall–Kier alpha value is -2.18. The third-order valence-corrected chi connectivity index (χ3v) is 7.80. The third kappa shape index (κ3) is 10.7. The monoisotopic (exact) mass is 552 g/mol. The Morgan fingerprint density at radius 2 is 1.23 bits per heavy atom. The van der Waals surface area contributed by atoms with Crippen LogP contribution in [0.15, 0.2) is 12.4 Å².